The summed E-state index contributed by atoms with van der Waals surface area (Å²) < 4.78 is 0. The molecule has 0 unspecified atom stereocenters. The highest BCUT2D eigenvalue weighted by Gasteiger charge is 2.12. The molecule has 0 aromatic heterocycles. The van der Waals surface area contributed by atoms with Crippen molar-refractivity contribution in [2.24, 2.45) is 5.73 Å². The van der Waals surface area contributed by atoms with Crippen LogP contribution < -0.4 is 5.73 Å². The van der Waals surface area contributed by atoms with Crippen LogP contribution in [-0.2, 0) is 5.41 Å². The Bertz CT molecular complexity index is 352. The molecule has 0 saturated carbocycles. The number of benzene rings is 1. The molecule has 16 heavy (non-hydrogen) atoms. The maximum Gasteiger partial charge on any atom is -0.00424 e. The van der Waals surface area contributed by atoms with Gasteiger partial charge >= 0.3 is 0 Å². The van der Waals surface area contributed by atoms with Gasteiger partial charge in [0.15, 0.2) is 0 Å². The van der Waals surface area contributed by atoms with Gasteiger partial charge in [0.2, 0.25) is 0 Å². The lowest BCUT2D eigenvalue weighted by Crippen LogP contribution is -2.10. The van der Waals surface area contributed by atoms with Gasteiger partial charge in [0.25, 0.3) is 0 Å². The van der Waals surface area contributed by atoms with Crippen molar-refractivity contribution in [2.45, 2.75) is 39.5 Å². The largest absolute Gasteiger partial charge is 0.330 e. The minimum absolute atomic E-state index is 0.230. The summed E-state index contributed by atoms with van der Waals surface area (Å²) in [6, 6.07) is 8.83. The van der Waals surface area contributed by atoms with Crippen molar-refractivity contribution in [1.82, 2.24) is 0 Å². The van der Waals surface area contributed by atoms with E-state index in [0.29, 0.717) is 0 Å². The number of allylic oxidation sites excluding steroid dienone is 1. The summed E-state index contributed by atoms with van der Waals surface area (Å²) in [5, 5.41) is 0. The summed E-state index contributed by atoms with van der Waals surface area (Å²) in [5.41, 5.74) is 9.70. The Morgan fingerprint density at radius 1 is 1.19 bits per heavy atom. The van der Waals surface area contributed by atoms with Gasteiger partial charge in [0.05, 0.1) is 0 Å². The van der Waals surface area contributed by atoms with Crippen molar-refractivity contribution in [3.63, 3.8) is 0 Å². The molecule has 0 saturated heterocycles. The van der Waals surface area contributed by atoms with E-state index in [4.69, 9.17) is 5.73 Å². The molecule has 1 aromatic rings. The minimum Gasteiger partial charge on any atom is -0.330 e. The van der Waals surface area contributed by atoms with Crippen LogP contribution in [0.1, 0.15) is 45.2 Å². The van der Waals surface area contributed by atoms with Gasteiger partial charge in [-0.25, -0.2) is 0 Å². The van der Waals surface area contributed by atoms with Crippen LogP contribution in [0.2, 0.25) is 0 Å². The first-order valence-electron chi connectivity index (χ1n) is 5.93. The molecule has 0 aliphatic rings. The summed E-state index contributed by atoms with van der Waals surface area (Å²) in [5.74, 6) is 0. The average Bonchev–Trinajstić information content (AvgIpc) is 2.25. The van der Waals surface area contributed by atoms with E-state index in [1.54, 1.807) is 0 Å². The molecule has 1 heteroatoms. The topological polar surface area (TPSA) is 26.0 Å². The fourth-order valence-corrected chi connectivity index (χ4v) is 1.65. The van der Waals surface area contributed by atoms with Crippen molar-refractivity contribution in [3.8, 4) is 0 Å². The quantitative estimate of drug-likeness (QED) is 0.820. The molecule has 1 aromatic carbocycles. The molecule has 0 atom stereocenters. The van der Waals surface area contributed by atoms with E-state index in [2.05, 4.69) is 58.0 Å². The van der Waals surface area contributed by atoms with E-state index in [1.807, 2.05) is 0 Å². The fourth-order valence-electron chi connectivity index (χ4n) is 1.65. The molecule has 0 spiro atoms. The Labute approximate surface area is 99.4 Å². The average molecular weight is 217 g/mol. The second-order valence-corrected chi connectivity index (χ2v) is 5.29. The smallest absolute Gasteiger partial charge is 0.00424 e. The van der Waals surface area contributed by atoms with E-state index < -0.39 is 0 Å². The zero-order valence-electron chi connectivity index (χ0n) is 10.9. The van der Waals surface area contributed by atoms with Crippen LogP contribution >= 0.6 is 0 Å². The number of hydrogen-bond acceptors (Lipinski definition) is 1. The Balaban J connectivity index is 2.87. The van der Waals surface area contributed by atoms with E-state index in [1.165, 1.54) is 16.7 Å². The molecule has 88 valence electrons. The van der Waals surface area contributed by atoms with Crippen LogP contribution in [0.3, 0.4) is 0 Å². The van der Waals surface area contributed by atoms with E-state index in [9.17, 15) is 0 Å². The van der Waals surface area contributed by atoms with Crippen molar-refractivity contribution in [1.29, 1.82) is 0 Å². The highest BCUT2D eigenvalue weighted by atomic mass is 14.5. The van der Waals surface area contributed by atoms with Gasteiger partial charge in [0, 0.05) is 0 Å². The second kappa shape index (κ2) is 5.31. The molecule has 0 amide bonds. The zero-order chi connectivity index (χ0) is 12.2. The lowest BCUT2D eigenvalue weighted by atomic mass is 9.86. The summed E-state index contributed by atoms with van der Waals surface area (Å²) in [7, 11) is 0. The van der Waals surface area contributed by atoms with Gasteiger partial charge in [-0.3, -0.25) is 0 Å². The second-order valence-electron chi connectivity index (χ2n) is 5.29. The summed E-state index contributed by atoms with van der Waals surface area (Å²) in [6.45, 7) is 9.57. The fraction of sp³-hybridized carbons (Fsp3) is 0.467. The molecular formula is C15H23N. The van der Waals surface area contributed by atoms with Gasteiger partial charge in [-0.2, -0.15) is 0 Å². The van der Waals surface area contributed by atoms with Gasteiger partial charge < -0.3 is 5.73 Å². The van der Waals surface area contributed by atoms with Gasteiger partial charge in [-0.15, -0.1) is 0 Å². The van der Waals surface area contributed by atoms with Gasteiger partial charge in [0.1, 0.15) is 0 Å². The molecular weight excluding hydrogens is 194 g/mol. The first kappa shape index (κ1) is 13.0. The highest BCUT2D eigenvalue weighted by molar-refractivity contribution is 5.63. The molecule has 0 heterocycles. The number of rotatable bonds is 3. The highest BCUT2D eigenvalue weighted by Crippen LogP contribution is 2.24. The van der Waals surface area contributed by atoms with Crippen LogP contribution in [0.5, 0.6) is 0 Å². The number of nitrogens with two attached hydrogens (primary N) is 1. The summed E-state index contributed by atoms with van der Waals surface area (Å²) in [6.07, 6.45) is 3.15. The summed E-state index contributed by atoms with van der Waals surface area (Å²) >= 11 is 0. The molecule has 1 nitrogen and oxygen atoms in total. The van der Waals surface area contributed by atoms with Crippen LogP contribution in [0, 0.1) is 0 Å². The first-order valence-corrected chi connectivity index (χ1v) is 5.93. The van der Waals surface area contributed by atoms with Crippen molar-refractivity contribution in [2.75, 3.05) is 6.54 Å². The van der Waals surface area contributed by atoms with Crippen molar-refractivity contribution < 1.29 is 0 Å². The number of hydrogen-bond donors (Lipinski definition) is 1. The standard InChI is InChI=1S/C15H23N/c1-12(6-5-11-16)13-7-9-14(10-8-13)15(2,3)4/h6-10H,5,11,16H2,1-4H3. The lowest BCUT2D eigenvalue weighted by molar-refractivity contribution is 0.590. The third kappa shape index (κ3) is 3.49. The van der Waals surface area contributed by atoms with E-state index in [0.717, 1.165) is 13.0 Å². The lowest BCUT2D eigenvalue weighted by Gasteiger charge is -2.19. The maximum atomic E-state index is 5.49. The van der Waals surface area contributed by atoms with E-state index >= 15 is 0 Å². The zero-order valence-corrected chi connectivity index (χ0v) is 10.9. The normalized spacial score (nSPS) is 12.9. The van der Waals surface area contributed by atoms with Crippen molar-refractivity contribution >= 4 is 5.57 Å². The SMILES string of the molecule is CC(=CCCN)c1ccc(C(C)(C)C)cc1. The van der Waals surface area contributed by atoms with Gasteiger partial charge in [-0.1, -0.05) is 51.1 Å². The Morgan fingerprint density at radius 3 is 2.19 bits per heavy atom. The van der Waals surface area contributed by atoms with Crippen LogP contribution in [0.4, 0.5) is 0 Å². The molecule has 0 radical (unpaired) electrons. The Hall–Kier alpha value is -1.08. The monoisotopic (exact) mass is 217 g/mol. The summed E-state index contributed by atoms with van der Waals surface area (Å²) in [4.78, 5) is 0. The molecule has 0 bridgehead atoms. The maximum absolute atomic E-state index is 5.49. The Kier molecular flexibility index (Phi) is 4.31. The van der Waals surface area contributed by atoms with Crippen LogP contribution in [-0.4, -0.2) is 6.54 Å². The Morgan fingerprint density at radius 2 is 1.75 bits per heavy atom. The molecule has 2 N–H and O–H groups in total. The first-order chi connectivity index (χ1) is 7.45. The van der Waals surface area contributed by atoms with Crippen LogP contribution in [0.25, 0.3) is 5.57 Å². The van der Waals surface area contributed by atoms with Crippen LogP contribution in [0.15, 0.2) is 30.3 Å². The van der Waals surface area contributed by atoms with Crippen molar-refractivity contribution in [3.05, 3.63) is 41.5 Å². The third-order valence-electron chi connectivity index (χ3n) is 2.82. The molecule has 1 rings (SSSR count). The minimum atomic E-state index is 0.230. The molecule has 0 aliphatic carbocycles. The third-order valence-corrected chi connectivity index (χ3v) is 2.82. The predicted molar refractivity (Wildman–Crippen MR) is 72.5 cm³/mol. The molecule has 0 fully saturated rings. The van der Waals surface area contributed by atoms with Gasteiger partial charge in [-0.05, 0) is 42.0 Å². The van der Waals surface area contributed by atoms with E-state index in [-0.39, 0.29) is 5.41 Å². The molecule has 0 aliphatic heterocycles. The predicted octanol–water partition coefficient (Wildman–Crippen LogP) is 3.74.